The first kappa shape index (κ1) is 26.4. The second-order valence-corrected chi connectivity index (χ2v) is 8.21. The lowest BCUT2D eigenvalue weighted by Crippen LogP contribution is -2.16. The molecule has 0 aliphatic carbocycles. The SMILES string of the molecule is CCOc1cc(C(=O)Nc2ccc(C)c(Nc3cc(C)nn3-c3cc(NC)ncn3)c2)cc(C(F)(F)F)n1. The third-order valence-electron chi connectivity index (χ3n) is 5.36. The normalized spacial score (nSPS) is 11.2. The highest BCUT2D eigenvalue weighted by Crippen LogP contribution is 2.31. The Balaban J connectivity index is 1.61. The maximum absolute atomic E-state index is 13.3. The average molecular weight is 527 g/mol. The van der Waals surface area contributed by atoms with E-state index in [0.29, 0.717) is 34.9 Å². The van der Waals surface area contributed by atoms with E-state index in [4.69, 9.17) is 4.74 Å². The molecule has 3 N–H and O–H groups in total. The van der Waals surface area contributed by atoms with Gasteiger partial charge in [-0.1, -0.05) is 6.07 Å². The van der Waals surface area contributed by atoms with Crippen LogP contribution in [0.1, 0.15) is 34.2 Å². The van der Waals surface area contributed by atoms with Gasteiger partial charge in [-0.05, 0) is 44.5 Å². The second kappa shape index (κ2) is 10.7. The number of alkyl halides is 3. The van der Waals surface area contributed by atoms with Crippen LogP contribution in [0.4, 0.5) is 36.2 Å². The number of benzene rings is 1. The standard InChI is InChI=1S/C25H25F3N8O2/c1-5-38-23-10-16(9-19(34-23)25(26,27)28)24(37)32-17-7-6-14(2)18(11-17)33-22-8-15(3)35-36(22)21-12-20(29-4)30-13-31-21/h6-13,33H,5H2,1-4H3,(H,32,37)(H,29,30,31). The molecule has 0 spiro atoms. The summed E-state index contributed by atoms with van der Waals surface area (Å²) < 4.78 is 46.7. The number of aryl methyl sites for hydroxylation is 2. The first-order valence-electron chi connectivity index (χ1n) is 11.6. The van der Waals surface area contributed by atoms with E-state index in [1.54, 1.807) is 42.9 Å². The van der Waals surface area contributed by atoms with Gasteiger partial charge < -0.3 is 20.7 Å². The third-order valence-corrected chi connectivity index (χ3v) is 5.36. The summed E-state index contributed by atoms with van der Waals surface area (Å²) in [5.74, 6) is 0.737. The maximum Gasteiger partial charge on any atom is 0.433 e. The number of ether oxygens (including phenoxy) is 1. The number of amides is 1. The van der Waals surface area contributed by atoms with Gasteiger partial charge in [-0.15, -0.1) is 0 Å². The smallest absolute Gasteiger partial charge is 0.433 e. The zero-order valence-electron chi connectivity index (χ0n) is 21.0. The van der Waals surface area contributed by atoms with Gasteiger partial charge in [0.1, 0.15) is 23.7 Å². The Morgan fingerprint density at radius 1 is 1.08 bits per heavy atom. The van der Waals surface area contributed by atoms with Gasteiger partial charge in [0.25, 0.3) is 5.91 Å². The van der Waals surface area contributed by atoms with Crippen LogP contribution >= 0.6 is 0 Å². The lowest BCUT2D eigenvalue weighted by Gasteiger charge is -2.14. The molecule has 10 nitrogen and oxygen atoms in total. The van der Waals surface area contributed by atoms with Gasteiger partial charge in [0.15, 0.2) is 5.82 Å². The summed E-state index contributed by atoms with van der Waals surface area (Å²) in [6.45, 7) is 5.42. The third kappa shape index (κ3) is 5.99. The van der Waals surface area contributed by atoms with Crippen molar-refractivity contribution < 1.29 is 22.7 Å². The van der Waals surface area contributed by atoms with Crippen molar-refractivity contribution in [3.63, 3.8) is 0 Å². The molecule has 0 atom stereocenters. The van der Waals surface area contributed by atoms with Crippen LogP contribution in [-0.2, 0) is 6.18 Å². The predicted octanol–water partition coefficient (Wildman–Crippen LogP) is 5.13. The molecule has 3 heterocycles. The summed E-state index contributed by atoms with van der Waals surface area (Å²) in [5.41, 5.74) is 1.16. The van der Waals surface area contributed by atoms with Crippen LogP contribution in [0, 0.1) is 13.8 Å². The van der Waals surface area contributed by atoms with Gasteiger partial charge in [0.2, 0.25) is 5.88 Å². The van der Waals surface area contributed by atoms with E-state index in [-0.39, 0.29) is 18.1 Å². The molecule has 4 aromatic rings. The van der Waals surface area contributed by atoms with Crippen LogP contribution in [0.2, 0.25) is 0 Å². The molecule has 0 radical (unpaired) electrons. The molecular weight excluding hydrogens is 501 g/mol. The Hall–Kier alpha value is -4.68. The Morgan fingerprint density at radius 3 is 2.58 bits per heavy atom. The Morgan fingerprint density at radius 2 is 1.87 bits per heavy atom. The summed E-state index contributed by atoms with van der Waals surface area (Å²) in [7, 11) is 1.75. The summed E-state index contributed by atoms with van der Waals surface area (Å²) in [6.07, 6.45) is -3.31. The van der Waals surface area contributed by atoms with Crippen molar-refractivity contribution in [2.24, 2.45) is 0 Å². The minimum Gasteiger partial charge on any atom is -0.478 e. The van der Waals surface area contributed by atoms with E-state index in [0.717, 1.165) is 11.3 Å². The van der Waals surface area contributed by atoms with Gasteiger partial charge in [-0.25, -0.2) is 15.0 Å². The van der Waals surface area contributed by atoms with Crippen LogP contribution in [0.3, 0.4) is 0 Å². The molecular formula is C25H25F3N8O2. The van der Waals surface area contributed by atoms with Crippen molar-refractivity contribution in [1.82, 2.24) is 24.7 Å². The predicted molar refractivity (Wildman–Crippen MR) is 136 cm³/mol. The van der Waals surface area contributed by atoms with Gasteiger partial charge in [-0.3, -0.25) is 4.79 Å². The maximum atomic E-state index is 13.3. The summed E-state index contributed by atoms with van der Waals surface area (Å²) >= 11 is 0. The van der Waals surface area contributed by atoms with Crippen molar-refractivity contribution in [1.29, 1.82) is 0 Å². The van der Waals surface area contributed by atoms with Crippen LogP contribution < -0.4 is 20.7 Å². The molecule has 0 bridgehead atoms. The minimum atomic E-state index is -4.73. The molecule has 0 unspecified atom stereocenters. The minimum absolute atomic E-state index is 0.101. The molecule has 0 aliphatic heterocycles. The van der Waals surface area contributed by atoms with Crippen molar-refractivity contribution in [3.8, 4) is 11.7 Å². The molecule has 1 aromatic carbocycles. The number of anilines is 4. The molecule has 1 amide bonds. The van der Waals surface area contributed by atoms with E-state index in [2.05, 4.69) is 36.0 Å². The van der Waals surface area contributed by atoms with E-state index >= 15 is 0 Å². The molecule has 4 rings (SSSR count). The first-order chi connectivity index (χ1) is 18.1. The van der Waals surface area contributed by atoms with Crippen molar-refractivity contribution >= 4 is 28.9 Å². The van der Waals surface area contributed by atoms with Crippen LogP contribution in [0.5, 0.6) is 5.88 Å². The summed E-state index contributed by atoms with van der Waals surface area (Å²) in [4.78, 5) is 24.7. The molecule has 13 heteroatoms. The number of carbonyl (C=O) groups is 1. The Kier molecular flexibility index (Phi) is 7.46. The topological polar surface area (TPSA) is 119 Å². The number of aromatic nitrogens is 5. The van der Waals surface area contributed by atoms with Gasteiger partial charge in [0, 0.05) is 42.2 Å². The first-order valence-corrected chi connectivity index (χ1v) is 11.6. The number of halogens is 3. The van der Waals surface area contributed by atoms with Crippen LogP contribution in [-0.4, -0.2) is 44.3 Å². The molecule has 0 aliphatic rings. The van der Waals surface area contributed by atoms with Gasteiger partial charge >= 0.3 is 6.18 Å². The molecule has 0 saturated heterocycles. The highest BCUT2D eigenvalue weighted by Gasteiger charge is 2.34. The number of nitrogens with one attached hydrogen (secondary N) is 3. The molecule has 38 heavy (non-hydrogen) atoms. The lowest BCUT2D eigenvalue weighted by molar-refractivity contribution is -0.141. The molecule has 198 valence electrons. The van der Waals surface area contributed by atoms with E-state index in [9.17, 15) is 18.0 Å². The zero-order valence-corrected chi connectivity index (χ0v) is 21.0. The Labute approximate surface area is 216 Å². The second-order valence-electron chi connectivity index (χ2n) is 8.21. The highest BCUT2D eigenvalue weighted by atomic mass is 19.4. The summed E-state index contributed by atoms with van der Waals surface area (Å²) in [5, 5.41) is 13.4. The van der Waals surface area contributed by atoms with E-state index in [1.807, 2.05) is 19.9 Å². The van der Waals surface area contributed by atoms with Crippen LogP contribution in [0.25, 0.3) is 5.82 Å². The number of carbonyl (C=O) groups excluding carboxylic acids is 1. The fourth-order valence-electron chi connectivity index (χ4n) is 3.54. The van der Waals surface area contributed by atoms with Crippen molar-refractivity contribution in [3.05, 3.63) is 71.3 Å². The van der Waals surface area contributed by atoms with Crippen LogP contribution in [0.15, 0.2) is 48.8 Å². The number of rotatable bonds is 8. The lowest BCUT2D eigenvalue weighted by atomic mass is 10.1. The van der Waals surface area contributed by atoms with Crippen molar-refractivity contribution in [2.75, 3.05) is 29.6 Å². The molecule has 3 aromatic heterocycles. The number of hydrogen-bond donors (Lipinski definition) is 3. The fourth-order valence-corrected chi connectivity index (χ4v) is 3.54. The number of hydrogen-bond acceptors (Lipinski definition) is 8. The van der Waals surface area contributed by atoms with Gasteiger partial charge in [0.05, 0.1) is 12.3 Å². The number of pyridine rings is 1. The monoisotopic (exact) mass is 526 g/mol. The quantitative estimate of drug-likeness (QED) is 0.289. The molecule has 0 saturated carbocycles. The molecule has 0 fully saturated rings. The summed E-state index contributed by atoms with van der Waals surface area (Å²) in [6, 6.07) is 10.5. The fraction of sp³-hybridized carbons (Fsp3) is 0.240. The zero-order chi connectivity index (χ0) is 27.4. The van der Waals surface area contributed by atoms with Gasteiger partial charge in [-0.2, -0.15) is 23.0 Å². The highest BCUT2D eigenvalue weighted by molar-refractivity contribution is 6.04. The Bertz CT molecular complexity index is 1470. The number of nitrogens with zero attached hydrogens (tertiary/aromatic N) is 5. The largest absolute Gasteiger partial charge is 0.478 e. The van der Waals surface area contributed by atoms with Crippen molar-refractivity contribution in [2.45, 2.75) is 26.9 Å². The van der Waals surface area contributed by atoms with E-state index < -0.39 is 17.8 Å². The van der Waals surface area contributed by atoms with E-state index in [1.165, 1.54) is 12.4 Å². The average Bonchev–Trinajstić information content (AvgIpc) is 3.25.